The Balaban J connectivity index is 1.89. The second kappa shape index (κ2) is 8.57. The van der Waals surface area contributed by atoms with Crippen LogP contribution < -0.4 is 0 Å². The fourth-order valence-corrected chi connectivity index (χ4v) is 2.78. The Bertz CT molecular complexity index is 980. The molecule has 0 unspecified atom stereocenters. The second-order valence-corrected chi connectivity index (χ2v) is 7.63. The summed E-state index contributed by atoms with van der Waals surface area (Å²) in [7, 11) is 0. The van der Waals surface area contributed by atoms with Gasteiger partial charge in [0.15, 0.2) is 0 Å². The largest absolute Gasteiger partial charge is 0.287 e. The number of hydrogen-bond acceptors (Lipinski definition) is 3. The number of carbonyl (C=O) groups excluding carboxylic acids is 1. The Kier molecular flexibility index (Phi) is 5.95. The van der Waals surface area contributed by atoms with Crippen molar-refractivity contribution in [3.8, 4) is 0 Å². The molecule has 0 N–H and O–H groups in total. The lowest BCUT2D eigenvalue weighted by molar-refractivity contribution is 0.106. The van der Waals surface area contributed by atoms with E-state index in [9.17, 15) is 4.79 Å². The second-order valence-electron chi connectivity index (χ2n) is 7.63. The van der Waals surface area contributed by atoms with Crippen LogP contribution >= 0.6 is 0 Å². The van der Waals surface area contributed by atoms with Crippen molar-refractivity contribution in [1.82, 2.24) is 0 Å². The average molecular weight is 368 g/mol. The predicted molar refractivity (Wildman–Crippen MR) is 116 cm³/mol. The molecule has 0 bridgehead atoms. The molecule has 0 amide bonds. The Labute approximate surface area is 166 Å². The molecule has 0 atom stereocenters. The van der Waals surface area contributed by atoms with Crippen LogP contribution in [0.15, 0.2) is 95.1 Å². The minimum absolute atomic E-state index is 0.108. The molecule has 0 aliphatic carbocycles. The highest BCUT2D eigenvalue weighted by Gasteiger charge is 2.16. The van der Waals surface area contributed by atoms with Gasteiger partial charge in [0.2, 0.25) is 5.78 Å². The molecule has 28 heavy (non-hydrogen) atoms. The van der Waals surface area contributed by atoms with Crippen LogP contribution in [0.2, 0.25) is 0 Å². The molecule has 0 saturated carbocycles. The van der Waals surface area contributed by atoms with Crippen molar-refractivity contribution in [1.29, 1.82) is 0 Å². The van der Waals surface area contributed by atoms with Crippen molar-refractivity contribution in [2.24, 2.45) is 10.2 Å². The first-order chi connectivity index (χ1) is 13.4. The van der Waals surface area contributed by atoms with Gasteiger partial charge in [-0.1, -0.05) is 106 Å². The van der Waals surface area contributed by atoms with Gasteiger partial charge in [0.05, 0.1) is 6.21 Å². The topological polar surface area (TPSA) is 41.8 Å². The quantitative estimate of drug-likeness (QED) is 0.324. The molecule has 0 saturated heterocycles. The molecule has 3 aromatic rings. The number of rotatable bonds is 5. The first-order valence-electron chi connectivity index (χ1n) is 9.32. The number of nitrogens with zero attached hydrogens (tertiary/aromatic N) is 2. The minimum atomic E-state index is -0.146. The maximum absolute atomic E-state index is 12.9. The Morgan fingerprint density at radius 3 is 1.82 bits per heavy atom. The monoisotopic (exact) mass is 368 g/mol. The van der Waals surface area contributed by atoms with E-state index in [-0.39, 0.29) is 11.2 Å². The van der Waals surface area contributed by atoms with Crippen LogP contribution in [-0.4, -0.2) is 17.7 Å². The first-order valence-corrected chi connectivity index (χ1v) is 9.32. The van der Waals surface area contributed by atoms with E-state index in [0.29, 0.717) is 11.3 Å². The Morgan fingerprint density at radius 2 is 1.29 bits per heavy atom. The van der Waals surface area contributed by atoms with Crippen molar-refractivity contribution in [2.45, 2.75) is 26.2 Å². The normalized spacial score (nSPS) is 12.3. The molecule has 3 aromatic carbocycles. The number of carbonyl (C=O) groups is 1. The van der Waals surface area contributed by atoms with E-state index >= 15 is 0 Å². The number of Topliss-reactive ketones (excluding diaryl/α,β-unsaturated/α-hetero) is 1. The summed E-state index contributed by atoms with van der Waals surface area (Å²) in [6, 6.07) is 26.8. The summed E-state index contributed by atoms with van der Waals surface area (Å²) in [6.45, 7) is 6.55. The van der Waals surface area contributed by atoms with Crippen LogP contribution in [0.1, 0.15) is 47.8 Å². The van der Waals surface area contributed by atoms with Crippen molar-refractivity contribution in [3.63, 3.8) is 0 Å². The molecular formula is C25H24N2O. The summed E-state index contributed by atoms with van der Waals surface area (Å²) < 4.78 is 0. The maximum atomic E-state index is 12.9. The van der Waals surface area contributed by atoms with Crippen molar-refractivity contribution < 1.29 is 4.79 Å². The molecule has 3 nitrogen and oxygen atoms in total. The van der Waals surface area contributed by atoms with Crippen LogP contribution in [0, 0.1) is 0 Å². The molecule has 0 radical (unpaired) electrons. The van der Waals surface area contributed by atoms with E-state index in [2.05, 4.69) is 43.1 Å². The molecule has 0 aromatic heterocycles. The van der Waals surface area contributed by atoms with E-state index in [0.717, 1.165) is 11.1 Å². The van der Waals surface area contributed by atoms with E-state index in [1.165, 1.54) is 5.56 Å². The summed E-state index contributed by atoms with van der Waals surface area (Å²) in [6.07, 6.45) is 1.67. The van der Waals surface area contributed by atoms with Crippen molar-refractivity contribution >= 4 is 17.7 Å². The highest BCUT2D eigenvalue weighted by molar-refractivity contribution is 6.51. The molecular weight excluding hydrogens is 344 g/mol. The first kappa shape index (κ1) is 19.4. The van der Waals surface area contributed by atoms with Gasteiger partial charge in [-0.25, -0.2) is 0 Å². The van der Waals surface area contributed by atoms with Gasteiger partial charge < -0.3 is 0 Å². The van der Waals surface area contributed by atoms with E-state index < -0.39 is 0 Å². The maximum Gasteiger partial charge on any atom is 0.213 e. The van der Waals surface area contributed by atoms with Gasteiger partial charge in [0, 0.05) is 11.1 Å². The Morgan fingerprint density at radius 1 is 0.750 bits per heavy atom. The smallest absolute Gasteiger partial charge is 0.213 e. The minimum Gasteiger partial charge on any atom is -0.287 e. The zero-order chi connectivity index (χ0) is 20.0. The SMILES string of the molecule is CC(C)(C)c1ccc(/C=N\N=C(/C(=O)c2ccccc2)c2ccccc2)cc1. The lowest BCUT2D eigenvalue weighted by Crippen LogP contribution is -2.15. The van der Waals surface area contributed by atoms with Crippen LogP contribution in [-0.2, 0) is 5.41 Å². The van der Waals surface area contributed by atoms with Gasteiger partial charge in [0.1, 0.15) is 5.71 Å². The third kappa shape index (κ3) is 4.89. The van der Waals surface area contributed by atoms with Gasteiger partial charge in [-0.2, -0.15) is 5.10 Å². The molecule has 0 aliphatic heterocycles. The van der Waals surface area contributed by atoms with Gasteiger partial charge >= 0.3 is 0 Å². The highest BCUT2D eigenvalue weighted by Crippen LogP contribution is 2.21. The molecule has 0 aliphatic rings. The molecule has 3 rings (SSSR count). The molecule has 0 heterocycles. The highest BCUT2D eigenvalue weighted by atomic mass is 16.1. The third-order valence-corrected chi connectivity index (χ3v) is 4.44. The predicted octanol–water partition coefficient (Wildman–Crippen LogP) is 5.69. The van der Waals surface area contributed by atoms with Gasteiger partial charge in [-0.05, 0) is 16.5 Å². The van der Waals surface area contributed by atoms with Crippen molar-refractivity contribution in [2.75, 3.05) is 0 Å². The lowest BCUT2D eigenvalue weighted by atomic mass is 9.87. The zero-order valence-electron chi connectivity index (χ0n) is 16.5. The summed E-state index contributed by atoms with van der Waals surface area (Å²) >= 11 is 0. The van der Waals surface area contributed by atoms with E-state index in [1.807, 2.05) is 60.7 Å². The molecule has 140 valence electrons. The molecule has 3 heteroatoms. The van der Waals surface area contributed by atoms with Crippen LogP contribution in [0.25, 0.3) is 0 Å². The Hall–Kier alpha value is -3.33. The third-order valence-electron chi connectivity index (χ3n) is 4.44. The summed E-state index contributed by atoms with van der Waals surface area (Å²) in [5.41, 5.74) is 3.98. The number of ketones is 1. The average Bonchev–Trinajstić information content (AvgIpc) is 2.72. The van der Waals surface area contributed by atoms with E-state index in [1.54, 1.807) is 18.3 Å². The number of benzene rings is 3. The van der Waals surface area contributed by atoms with Crippen LogP contribution in [0.5, 0.6) is 0 Å². The van der Waals surface area contributed by atoms with Crippen LogP contribution in [0.4, 0.5) is 0 Å². The lowest BCUT2D eigenvalue weighted by Gasteiger charge is -2.18. The van der Waals surface area contributed by atoms with Gasteiger partial charge in [-0.15, -0.1) is 5.10 Å². The van der Waals surface area contributed by atoms with E-state index in [4.69, 9.17) is 0 Å². The summed E-state index contributed by atoms with van der Waals surface area (Å²) in [4.78, 5) is 12.9. The van der Waals surface area contributed by atoms with Crippen molar-refractivity contribution in [3.05, 3.63) is 107 Å². The molecule has 0 spiro atoms. The van der Waals surface area contributed by atoms with Gasteiger partial charge in [-0.3, -0.25) is 4.79 Å². The standard InChI is InChI=1S/C25H24N2O/c1-25(2,3)22-16-14-19(15-17-22)18-26-27-23(20-10-6-4-7-11-20)24(28)21-12-8-5-9-13-21/h4-18H,1-3H3/b26-18-,27-23-. The summed E-state index contributed by atoms with van der Waals surface area (Å²) in [5.74, 6) is -0.146. The van der Waals surface area contributed by atoms with Crippen LogP contribution in [0.3, 0.4) is 0 Å². The fraction of sp³-hybridized carbons (Fsp3) is 0.160. The van der Waals surface area contributed by atoms with Gasteiger partial charge in [0.25, 0.3) is 0 Å². The summed E-state index contributed by atoms with van der Waals surface area (Å²) in [5, 5.41) is 8.47. The zero-order valence-corrected chi connectivity index (χ0v) is 16.5. The molecule has 0 fully saturated rings. The fourth-order valence-electron chi connectivity index (χ4n) is 2.78. The number of hydrogen-bond donors (Lipinski definition) is 0.